The normalized spacial score (nSPS) is 11.4. The minimum atomic E-state index is 0.0412. The third kappa shape index (κ3) is 8.10. The number of hydrogen-bond donors (Lipinski definition) is 0. The summed E-state index contributed by atoms with van der Waals surface area (Å²) < 4.78 is 6.10. The monoisotopic (exact) mass is 423 g/mol. The van der Waals surface area contributed by atoms with Crippen molar-refractivity contribution in [3.05, 3.63) is 102 Å². The second-order valence-electron chi connectivity index (χ2n) is 9.12. The molecule has 2 heteroatoms. The van der Waals surface area contributed by atoms with Crippen LogP contribution in [0.15, 0.2) is 91.0 Å². The van der Waals surface area contributed by atoms with Crippen LogP contribution in [0.5, 0.6) is 5.75 Å². The highest BCUT2D eigenvalue weighted by atomic mass is 16.5. The summed E-state index contributed by atoms with van der Waals surface area (Å²) in [5, 5.41) is 0. The average Bonchev–Trinajstić information content (AvgIpc) is 2.78. The van der Waals surface area contributed by atoms with Crippen LogP contribution in [0.1, 0.15) is 31.9 Å². The van der Waals surface area contributed by atoms with Gasteiger partial charge < -0.3 is 4.74 Å². The van der Waals surface area contributed by atoms with E-state index < -0.39 is 0 Å². The second kappa shape index (κ2) is 11.4. The fourth-order valence-corrected chi connectivity index (χ4v) is 3.30. The Morgan fingerprint density at radius 3 is 2.34 bits per heavy atom. The van der Waals surface area contributed by atoms with Gasteiger partial charge in [0.2, 0.25) is 0 Å². The van der Waals surface area contributed by atoms with Crippen LogP contribution < -0.4 is 4.74 Å². The molecule has 3 aromatic rings. The molecule has 0 aliphatic carbocycles. The molecule has 0 aliphatic heterocycles. The summed E-state index contributed by atoms with van der Waals surface area (Å²) >= 11 is 0. The van der Waals surface area contributed by atoms with Crippen molar-refractivity contribution >= 4 is 0 Å². The Kier molecular flexibility index (Phi) is 8.31. The van der Waals surface area contributed by atoms with Crippen molar-refractivity contribution < 1.29 is 4.74 Å². The van der Waals surface area contributed by atoms with Crippen molar-refractivity contribution in [2.75, 3.05) is 13.6 Å². The highest BCUT2D eigenvalue weighted by Gasteiger charge is 2.04. The molecule has 0 aliphatic rings. The van der Waals surface area contributed by atoms with E-state index in [1.165, 1.54) is 16.7 Å². The Labute approximate surface area is 193 Å². The Morgan fingerprint density at radius 2 is 1.56 bits per heavy atom. The van der Waals surface area contributed by atoms with Crippen molar-refractivity contribution in [3.63, 3.8) is 0 Å². The highest BCUT2D eigenvalue weighted by Crippen LogP contribution is 2.21. The zero-order valence-electron chi connectivity index (χ0n) is 19.6. The molecule has 0 atom stereocenters. The first-order valence-corrected chi connectivity index (χ1v) is 11.1. The van der Waals surface area contributed by atoms with E-state index in [-0.39, 0.29) is 5.41 Å². The number of hydrogen-bond acceptors (Lipinski definition) is 2. The van der Waals surface area contributed by atoms with E-state index in [9.17, 15) is 0 Å². The predicted molar refractivity (Wildman–Crippen MR) is 135 cm³/mol. The summed E-state index contributed by atoms with van der Waals surface area (Å²) in [6.45, 7) is 8.63. The lowest BCUT2D eigenvalue weighted by Crippen LogP contribution is -2.17. The van der Waals surface area contributed by atoms with Crippen molar-refractivity contribution in [2.45, 2.75) is 33.9 Å². The van der Waals surface area contributed by atoms with Crippen molar-refractivity contribution in [3.8, 4) is 28.7 Å². The number of benzene rings is 3. The first-order chi connectivity index (χ1) is 15.4. The molecule has 3 rings (SSSR count). The van der Waals surface area contributed by atoms with Crippen molar-refractivity contribution in [1.82, 2.24) is 4.90 Å². The van der Waals surface area contributed by atoms with E-state index in [0.29, 0.717) is 6.61 Å². The summed E-state index contributed by atoms with van der Waals surface area (Å²) in [6.07, 6.45) is 4.06. The summed E-state index contributed by atoms with van der Waals surface area (Å²) in [7, 11) is 2.12. The summed E-state index contributed by atoms with van der Waals surface area (Å²) in [6, 6.07) is 27.3. The van der Waals surface area contributed by atoms with Gasteiger partial charge in [-0.3, -0.25) is 4.90 Å². The van der Waals surface area contributed by atoms with Gasteiger partial charge in [-0.05, 0) is 74.3 Å². The lowest BCUT2D eigenvalue weighted by Gasteiger charge is -2.15. The second-order valence-corrected chi connectivity index (χ2v) is 9.12. The molecule has 164 valence electrons. The first kappa shape index (κ1) is 23.4. The zero-order valence-corrected chi connectivity index (χ0v) is 19.6. The Morgan fingerprint density at radius 1 is 0.844 bits per heavy atom. The lowest BCUT2D eigenvalue weighted by molar-refractivity contribution is 0.304. The van der Waals surface area contributed by atoms with E-state index in [1.54, 1.807) is 0 Å². The third-order valence-corrected chi connectivity index (χ3v) is 4.86. The van der Waals surface area contributed by atoms with Crippen LogP contribution in [0.2, 0.25) is 0 Å². The van der Waals surface area contributed by atoms with Gasteiger partial charge in [0.05, 0.1) is 0 Å². The van der Waals surface area contributed by atoms with Crippen LogP contribution in [0.4, 0.5) is 0 Å². The van der Waals surface area contributed by atoms with Gasteiger partial charge in [0, 0.05) is 18.5 Å². The molecular formula is C30H33NO. The minimum absolute atomic E-state index is 0.0412. The number of rotatable bonds is 8. The van der Waals surface area contributed by atoms with Gasteiger partial charge in [0.1, 0.15) is 12.4 Å². The van der Waals surface area contributed by atoms with Gasteiger partial charge in [-0.1, -0.05) is 78.6 Å². The largest absolute Gasteiger partial charge is 0.489 e. The van der Waals surface area contributed by atoms with Crippen LogP contribution in [-0.2, 0) is 13.2 Å². The van der Waals surface area contributed by atoms with Crippen LogP contribution >= 0.6 is 0 Å². The van der Waals surface area contributed by atoms with Crippen LogP contribution in [0, 0.1) is 17.3 Å². The van der Waals surface area contributed by atoms with E-state index in [4.69, 9.17) is 4.74 Å². The molecule has 0 N–H and O–H groups in total. The molecule has 0 fully saturated rings. The van der Waals surface area contributed by atoms with Crippen LogP contribution in [-0.4, -0.2) is 18.5 Å². The summed E-state index contributed by atoms with van der Waals surface area (Å²) in [5.41, 5.74) is 4.87. The van der Waals surface area contributed by atoms with Crippen LogP contribution in [0.3, 0.4) is 0 Å². The molecule has 0 aromatic heterocycles. The average molecular weight is 424 g/mol. The van der Waals surface area contributed by atoms with Gasteiger partial charge in [0.15, 0.2) is 0 Å². The van der Waals surface area contributed by atoms with E-state index in [0.717, 1.165) is 24.4 Å². The number of allylic oxidation sites excluding steroid dienone is 1. The van der Waals surface area contributed by atoms with Crippen molar-refractivity contribution in [2.24, 2.45) is 5.41 Å². The molecule has 0 spiro atoms. The fraction of sp³-hybridized carbons (Fsp3) is 0.267. The minimum Gasteiger partial charge on any atom is -0.489 e. The predicted octanol–water partition coefficient (Wildman–Crippen LogP) is 6.97. The highest BCUT2D eigenvalue weighted by molar-refractivity contribution is 5.63. The quantitative estimate of drug-likeness (QED) is 0.363. The molecule has 2 nitrogen and oxygen atoms in total. The van der Waals surface area contributed by atoms with Gasteiger partial charge in [-0.15, -0.1) is 0 Å². The Bertz CT molecular complexity index is 1080. The molecule has 0 radical (unpaired) electrons. The fourth-order valence-electron chi connectivity index (χ4n) is 3.30. The Balaban J connectivity index is 1.54. The molecule has 32 heavy (non-hydrogen) atoms. The van der Waals surface area contributed by atoms with E-state index in [2.05, 4.69) is 117 Å². The molecule has 0 amide bonds. The number of ether oxygens (including phenoxy) is 1. The lowest BCUT2D eigenvalue weighted by atomic mass is 9.98. The maximum absolute atomic E-state index is 6.10. The van der Waals surface area contributed by atoms with Crippen LogP contribution in [0.25, 0.3) is 11.1 Å². The van der Waals surface area contributed by atoms with E-state index >= 15 is 0 Å². The molecule has 0 saturated heterocycles. The van der Waals surface area contributed by atoms with Crippen molar-refractivity contribution in [1.29, 1.82) is 0 Å². The molecule has 0 unspecified atom stereocenters. The van der Waals surface area contributed by atoms with Gasteiger partial charge in [-0.2, -0.15) is 0 Å². The molecule has 0 heterocycles. The molecule has 3 aromatic carbocycles. The SMILES string of the molecule is CN(CC=CC#CC(C)(C)C)Cc1cccc(OCc2cccc(-c3ccccc3)c2)c1. The molecular weight excluding hydrogens is 390 g/mol. The van der Waals surface area contributed by atoms with E-state index in [1.807, 2.05) is 18.2 Å². The first-order valence-electron chi connectivity index (χ1n) is 11.1. The topological polar surface area (TPSA) is 12.5 Å². The van der Waals surface area contributed by atoms with Gasteiger partial charge in [-0.25, -0.2) is 0 Å². The maximum Gasteiger partial charge on any atom is 0.120 e. The summed E-state index contributed by atoms with van der Waals surface area (Å²) in [5.74, 6) is 7.24. The molecule has 0 bridgehead atoms. The standard InChI is InChI=1S/C30H33NO/c1-30(2,3)19-9-6-10-20-31(4)23-25-13-12-18-29(22-25)32-24-26-14-11-17-28(21-26)27-15-7-5-8-16-27/h5-8,10-18,21-22H,20,23-24H2,1-4H3. The summed E-state index contributed by atoms with van der Waals surface area (Å²) in [4.78, 5) is 2.26. The third-order valence-electron chi connectivity index (χ3n) is 4.86. The number of nitrogens with zero attached hydrogens (tertiary/aromatic N) is 1. The molecule has 0 saturated carbocycles. The maximum atomic E-state index is 6.10. The van der Waals surface area contributed by atoms with Gasteiger partial charge >= 0.3 is 0 Å². The smallest absolute Gasteiger partial charge is 0.120 e. The Hall–Kier alpha value is -3.28. The van der Waals surface area contributed by atoms with Gasteiger partial charge in [0.25, 0.3) is 0 Å². The number of likely N-dealkylation sites (N-methyl/N-ethyl adjacent to an activating group) is 1. The zero-order chi connectivity index (χ0) is 22.8.